The van der Waals surface area contributed by atoms with Gasteiger partial charge in [0, 0.05) is 45.3 Å². The van der Waals surface area contributed by atoms with Gasteiger partial charge in [0.05, 0.1) is 6.26 Å². The monoisotopic (exact) mass is 345 g/mol. The van der Waals surface area contributed by atoms with Crippen LogP contribution in [0.2, 0.25) is 0 Å². The molecule has 1 aliphatic carbocycles. The molecule has 25 heavy (non-hydrogen) atoms. The highest BCUT2D eigenvalue weighted by Gasteiger charge is 2.40. The van der Waals surface area contributed by atoms with E-state index in [9.17, 15) is 0 Å². The van der Waals surface area contributed by atoms with E-state index in [-0.39, 0.29) is 0 Å². The summed E-state index contributed by atoms with van der Waals surface area (Å²) in [5.41, 5.74) is 0.456. The Balaban J connectivity index is 1.40. The van der Waals surface area contributed by atoms with E-state index in [4.69, 9.17) is 14.1 Å². The molecule has 0 aromatic carbocycles. The van der Waals surface area contributed by atoms with E-state index < -0.39 is 0 Å². The summed E-state index contributed by atoms with van der Waals surface area (Å²) in [4.78, 5) is 7.47. The van der Waals surface area contributed by atoms with Crippen LogP contribution < -0.4 is 5.32 Å². The third-order valence-corrected chi connectivity index (χ3v) is 6.18. The molecule has 0 unspecified atom stereocenters. The molecule has 2 aliphatic heterocycles. The number of furan rings is 1. The van der Waals surface area contributed by atoms with Gasteiger partial charge >= 0.3 is 0 Å². The SMILES string of the molecule is c1coc(CCN=C(NC2CCCC2)N2CCC3(CCOCC3)C2)c1. The second kappa shape index (κ2) is 7.81. The van der Waals surface area contributed by atoms with Gasteiger partial charge in [0.1, 0.15) is 5.76 Å². The molecule has 5 heteroatoms. The van der Waals surface area contributed by atoms with Crippen molar-refractivity contribution in [3.05, 3.63) is 24.2 Å². The third kappa shape index (κ3) is 4.20. The summed E-state index contributed by atoms with van der Waals surface area (Å²) < 4.78 is 11.0. The smallest absolute Gasteiger partial charge is 0.194 e. The molecular weight excluding hydrogens is 314 g/mol. The van der Waals surface area contributed by atoms with Gasteiger partial charge in [0.2, 0.25) is 0 Å². The lowest BCUT2D eigenvalue weighted by Crippen LogP contribution is -2.45. The lowest BCUT2D eigenvalue weighted by atomic mass is 9.80. The number of nitrogens with one attached hydrogen (secondary N) is 1. The molecule has 1 saturated carbocycles. The van der Waals surface area contributed by atoms with Crippen LogP contribution in [-0.2, 0) is 11.2 Å². The molecule has 3 aliphatic rings. The van der Waals surface area contributed by atoms with Crippen molar-refractivity contribution in [3.8, 4) is 0 Å². The minimum atomic E-state index is 0.456. The summed E-state index contributed by atoms with van der Waals surface area (Å²) in [7, 11) is 0. The Morgan fingerprint density at radius 1 is 1.24 bits per heavy atom. The summed E-state index contributed by atoms with van der Waals surface area (Å²) in [6.07, 6.45) is 11.5. The van der Waals surface area contributed by atoms with Crippen molar-refractivity contribution >= 4 is 5.96 Å². The Labute approximate surface area is 150 Å². The van der Waals surface area contributed by atoms with Crippen molar-refractivity contribution in [3.63, 3.8) is 0 Å². The molecule has 1 aromatic rings. The number of rotatable bonds is 4. The van der Waals surface area contributed by atoms with Crippen LogP contribution in [0.15, 0.2) is 27.8 Å². The normalized spacial score (nSPS) is 24.3. The number of aliphatic imine (C=N–C) groups is 1. The highest BCUT2D eigenvalue weighted by atomic mass is 16.5. The van der Waals surface area contributed by atoms with Crippen molar-refractivity contribution in [1.82, 2.24) is 10.2 Å². The van der Waals surface area contributed by atoms with Gasteiger partial charge in [-0.2, -0.15) is 0 Å². The molecule has 1 N–H and O–H groups in total. The van der Waals surface area contributed by atoms with E-state index in [1.165, 1.54) is 44.9 Å². The molecule has 1 spiro atoms. The zero-order chi connectivity index (χ0) is 17.0. The van der Waals surface area contributed by atoms with Crippen LogP contribution in [0.25, 0.3) is 0 Å². The number of nitrogens with zero attached hydrogens (tertiary/aromatic N) is 2. The van der Waals surface area contributed by atoms with E-state index in [1.54, 1.807) is 6.26 Å². The zero-order valence-electron chi connectivity index (χ0n) is 15.2. The highest BCUT2D eigenvalue weighted by Crippen LogP contribution is 2.39. The summed E-state index contributed by atoms with van der Waals surface area (Å²) in [5, 5.41) is 3.77. The number of ether oxygens (including phenoxy) is 1. The summed E-state index contributed by atoms with van der Waals surface area (Å²) >= 11 is 0. The van der Waals surface area contributed by atoms with Gasteiger partial charge in [-0.3, -0.25) is 4.99 Å². The van der Waals surface area contributed by atoms with Crippen molar-refractivity contribution in [1.29, 1.82) is 0 Å². The van der Waals surface area contributed by atoms with E-state index in [2.05, 4.69) is 10.2 Å². The second-order valence-electron chi connectivity index (χ2n) is 7.94. The van der Waals surface area contributed by atoms with Crippen molar-refractivity contribution in [2.24, 2.45) is 10.4 Å². The van der Waals surface area contributed by atoms with Gasteiger partial charge in [0.25, 0.3) is 0 Å². The van der Waals surface area contributed by atoms with Gasteiger partial charge in [0.15, 0.2) is 5.96 Å². The lowest BCUT2D eigenvalue weighted by molar-refractivity contribution is 0.0217. The fraction of sp³-hybridized carbons (Fsp3) is 0.750. The number of likely N-dealkylation sites (tertiary alicyclic amines) is 1. The molecule has 0 atom stereocenters. The molecule has 5 nitrogen and oxygen atoms in total. The van der Waals surface area contributed by atoms with Crippen molar-refractivity contribution in [2.45, 2.75) is 57.4 Å². The molecule has 2 saturated heterocycles. The Hall–Kier alpha value is -1.49. The molecule has 0 bridgehead atoms. The van der Waals surface area contributed by atoms with Gasteiger partial charge in [-0.05, 0) is 49.7 Å². The van der Waals surface area contributed by atoms with Crippen molar-refractivity contribution < 1.29 is 9.15 Å². The standard InChI is InChI=1S/C20H31N3O2/c1-2-5-17(4-1)22-19(21-11-7-18-6-3-13-25-18)23-12-8-20(16-23)9-14-24-15-10-20/h3,6,13,17H,1-2,4-5,7-12,14-16H2,(H,21,22). The first-order valence-corrected chi connectivity index (χ1v) is 9.99. The molecular formula is C20H31N3O2. The molecule has 3 heterocycles. The second-order valence-corrected chi connectivity index (χ2v) is 7.94. The molecule has 3 fully saturated rings. The predicted octanol–water partition coefficient (Wildman–Crippen LogP) is 3.21. The van der Waals surface area contributed by atoms with Gasteiger partial charge < -0.3 is 19.4 Å². The average Bonchev–Trinajstić information content (AvgIpc) is 3.37. The lowest BCUT2D eigenvalue weighted by Gasteiger charge is -2.34. The summed E-state index contributed by atoms with van der Waals surface area (Å²) in [5.74, 6) is 2.15. The Bertz CT molecular complexity index is 558. The van der Waals surface area contributed by atoms with Crippen LogP contribution in [0.4, 0.5) is 0 Å². The number of hydrogen-bond donors (Lipinski definition) is 1. The Morgan fingerprint density at radius 2 is 2.08 bits per heavy atom. The maximum Gasteiger partial charge on any atom is 0.194 e. The van der Waals surface area contributed by atoms with Crippen LogP contribution in [0, 0.1) is 5.41 Å². The van der Waals surface area contributed by atoms with Gasteiger partial charge in [-0.1, -0.05) is 12.8 Å². The van der Waals surface area contributed by atoms with Crippen LogP contribution in [-0.4, -0.2) is 49.7 Å². The predicted molar refractivity (Wildman–Crippen MR) is 98.8 cm³/mol. The van der Waals surface area contributed by atoms with E-state index >= 15 is 0 Å². The average molecular weight is 345 g/mol. The van der Waals surface area contributed by atoms with Crippen LogP contribution in [0.5, 0.6) is 0 Å². The minimum absolute atomic E-state index is 0.456. The first-order valence-electron chi connectivity index (χ1n) is 9.99. The van der Waals surface area contributed by atoms with Gasteiger partial charge in [-0.15, -0.1) is 0 Å². The number of hydrogen-bond acceptors (Lipinski definition) is 3. The quantitative estimate of drug-likeness (QED) is 0.672. The molecule has 0 amide bonds. The first kappa shape index (κ1) is 17.0. The van der Waals surface area contributed by atoms with Crippen LogP contribution in [0.1, 0.15) is 50.7 Å². The Morgan fingerprint density at radius 3 is 2.84 bits per heavy atom. The topological polar surface area (TPSA) is 50.0 Å². The van der Waals surface area contributed by atoms with E-state index in [0.717, 1.165) is 51.0 Å². The maximum atomic E-state index is 5.59. The fourth-order valence-electron chi connectivity index (χ4n) is 4.54. The highest BCUT2D eigenvalue weighted by molar-refractivity contribution is 5.80. The van der Waals surface area contributed by atoms with E-state index in [0.29, 0.717) is 11.5 Å². The summed E-state index contributed by atoms with van der Waals surface area (Å²) in [6.45, 7) is 4.90. The molecule has 138 valence electrons. The van der Waals surface area contributed by atoms with Crippen LogP contribution >= 0.6 is 0 Å². The molecule has 1 aromatic heterocycles. The molecule has 0 radical (unpaired) electrons. The number of guanidine groups is 1. The van der Waals surface area contributed by atoms with E-state index in [1.807, 2.05) is 12.1 Å². The first-order chi connectivity index (χ1) is 12.3. The van der Waals surface area contributed by atoms with Crippen LogP contribution in [0.3, 0.4) is 0 Å². The Kier molecular flexibility index (Phi) is 5.30. The third-order valence-electron chi connectivity index (χ3n) is 6.18. The van der Waals surface area contributed by atoms with Crippen molar-refractivity contribution in [2.75, 3.05) is 32.8 Å². The zero-order valence-corrected chi connectivity index (χ0v) is 15.2. The van der Waals surface area contributed by atoms with Gasteiger partial charge in [-0.25, -0.2) is 0 Å². The fourth-order valence-corrected chi connectivity index (χ4v) is 4.54. The summed E-state index contributed by atoms with van der Waals surface area (Å²) in [6, 6.07) is 4.59. The molecule has 4 rings (SSSR count). The minimum Gasteiger partial charge on any atom is -0.469 e. The maximum absolute atomic E-state index is 5.59. The largest absolute Gasteiger partial charge is 0.469 e.